The molecule has 0 radical (unpaired) electrons. The molecule has 1 aliphatic heterocycles. The third-order valence-electron chi connectivity index (χ3n) is 5.63. The molecule has 8 heteroatoms. The number of nitrogens with zero attached hydrogens (tertiary/aromatic N) is 3. The van der Waals surface area contributed by atoms with Crippen LogP contribution < -0.4 is 10.6 Å². The second-order valence-electron chi connectivity index (χ2n) is 7.27. The van der Waals surface area contributed by atoms with Crippen LogP contribution in [0.4, 0.5) is 0 Å². The van der Waals surface area contributed by atoms with Crippen LogP contribution in [0.1, 0.15) is 36.6 Å². The van der Waals surface area contributed by atoms with E-state index in [9.17, 15) is 0 Å². The van der Waals surface area contributed by atoms with Crippen LogP contribution in [0.2, 0.25) is 0 Å². The average Bonchev–Trinajstić information content (AvgIpc) is 3.50. The summed E-state index contributed by atoms with van der Waals surface area (Å²) in [7, 11) is 1.82. The number of nitrogens with one attached hydrogen (secondary N) is 2. The second-order valence-corrected chi connectivity index (χ2v) is 8.25. The van der Waals surface area contributed by atoms with Crippen molar-refractivity contribution in [1.82, 2.24) is 20.4 Å². The molecule has 166 valence electrons. The number of hydrogen-bond donors (Lipinski definition) is 2. The predicted octanol–water partition coefficient (Wildman–Crippen LogP) is 2.96. The summed E-state index contributed by atoms with van der Waals surface area (Å²) in [5.41, 5.74) is 0. The minimum atomic E-state index is 0.167. The van der Waals surface area contributed by atoms with Gasteiger partial charge < -0.3 is 19.8 Å². The average molecular weight is 434 g/mol. The van der Waals surface area contributed by atoms with Crippen molar-refractivity contribution < 1.29 is 9.15 Å². The van der Waals surface area contributed by atoms with Gasteiger partial charge in [0.25, 0.3) is 0 Å². The van der Waals surface area contributed by atoms with Gasteiger partial charge in [-0.25, -0.2) is 0 Å². The second kappa shape index (κ2) is 12.1. The van der Waals surface area contributed by atoms with Gasteiger partial charge in [0, 0.05) is 38.1 Å². The van der Waals surface area contributed by atoms with E-state index in [1.54, 1.807) is 6.26 Å². The molecule has 1 saturated heterocycles. The number of guanidine groups is 1. The molecule has 7 nitrogen and oxygen atoms in total. The Morgan fingerprint density at radius 2 is 1.93 bits per heavy atom. The van der Waals surface area contributed by atoms with E-state index in [4.69, 9.17) is 9.15 Å². The van der Waals surface area contributed by atoms with Crippen LogP contribution in [0.3, 0.4) is 0 Å². The lowest BCUT2D eigenvalue weighted by Crippen LogP contribution is -2.47. The molecule has 1 aliphatic rings. The zero-order chi connectivity index (χ0) is 21.2. The number of rotatable bonds is 10. The van der Waals surface area contributed by atoms with E-state index in [1.807, 2.05) is 30.5 Å². The fourth-order valence-corrected chi connectivity index (χ4v) is 4.80. The molecule has 2 aromatic rings. The van der Waals surface area contributed by atoms with Gasteiger partial charge in [-0.3, -0.25) is 14.8 Å². The lowest BCUT2D eigenvalue weighted by atomic mass is 10.2. The summed E-state index contributed by atoms with van der Waals surface area (Å²) in [6, 6.07) is 8.82. The van der Waals surface area contributed by atoms with Crippen LogP contribution in [-0.4, -0.2) is 75.3 Å². The number of aliphatic imine (C=N–C) groups is 1. The summed E-state index contributed by atoms with van der Waals surface area (Å²) in [5.74, 6) is 1.79. The fourth-order valence-electron chi connectivity index (χ4n) is 3.94. The molecule has 2 aromatic heterocycles. The summed E-state index contributed by atoms with van der Waals surface area (Å²) < 4.78 is 11.3. The van der Waals surface area contributed by atoms with Crippen molar-refractivity contribution in [2.24, 2.45) is 4.99 Å². The maximum atomic E-state index is 5.71. The highest BCUT2D eigenvalue weighted by Gasteiger charge is 2.24. The van der Waals surface area contributed by atoms with Gasteiger partial charge in [0.15, 0.2) is 5.96 Å². The van der Waals surface area contributed by atoms with Crippen LogP contribution in [0, 0.1) is 0 Å². The van der Waals surface area contributed by atoms with Crippen molar-refractivity contribution in [3.63, 3.8) is 0 Å². The van der Waals surface area contributed by atoms with Crippen LogP contribution in [-0.2, 0) is 4.74 Å². The molecule has 0 aliphatic carbocycles. The molecule has 30 heavy (non-hydrogen) atoms. The summed E-state index contributed by atoms with van der Waals surface area (Å²) in [5, 5.41) is 9.20. The summed E-state index contributed by atoms with van der Waals surface area (Å²) >= 11 is 1.81. The first-order chi connectivity index (χ1) is 14.8. The molecule has 0 bridgehead atoms. The van der Waals surface area contributed by atoms with Crippen molar-refractivity contribution in [3.05, 3.63) is 46.5 Å². The van der Waals surface area contributed by atoms with Gasteiger partial charge in [-0.1, -0.05) is 19.9 Å². The van der Waals surface area contributed by atoms with E-state index in [0.29, 0.717) is 6.04 Å². The molecule has 0 saturated carbocycles. The van der Waals surface area contributed by atoms with E-state index in [1.165, 1.54) is 4.88 Å². The molecule has 0 amide bonds. The monoisotopic (exact) mass is 433 g/mol. The number of furan rings is 1. The lowest BCUT2D eigenvalue weighted by Gasteiger charge is -2.34. The maximum absolute atomic E-state index is 5.71. The Kier molecular flexibility index (Phi) is 9.20. The zero-order valence-corrected chi connectivity index (χ0v) is 19.2. The molecule has 3 rings (SSSR count). The lowest BCUT2D eigenvalue weighted by molar-refractivity contribution is 0.0177. The van der Waals surface area contributed by atoms with Gasteiger partial charge >= 0.3 is 0 Å². The Morgan fingerprint density at radius 1 is 1.17 bits per heavy atom. The van der Waals surface area contributed by atoms with E-state index in [0.717, 1.165) is 64.2 Å². The largest absolute Gasteiger partial charge is 0.468 e. The molecule has 2 unspecified atom stereocenters. The highest BCUT2D eigenvalue weighted by Crippen LogP contribution is 2.25. The highest BCUT2D eigenvalue weighted by atomic mass is 32.1. The molecular formula is C22H35N5O2S. The van der Waals surface area contributed by atoms with E-state index < -0.39 is 0 Å². The Hall–Kier alpha value is -1.87. The van der Waals surface area contributed by atoms with Crippen molar-refractivity contribution in [2.45, 2.75) is 25.9 Å². The van der Waals surface area contributed by atoms with E-state index in [-0.39, 0.29) is 6.04 Å². The van der Waals surface area contributed by atoms with Gasteiger partial charge in [-0.15, -0.1) is 11.3 Å². The van der Waals surface area contributed by atoms with Gasteiger partial charge in [0.05, 0.1) is 31.6 Å². The molecular weight excluding hydrogens is 398 g/mol. The first-order valence-corrected chi connectivity index (χ1v) is 11.7. The topological polar surface area (TPSA) is 65.3 Å². The fraction of sp³-hybridized carbons (Fsp3) is 0.591. The Bertz CT molecular complexity index is 725. The number of thiophene rings is 1. The SMILES string of the molecule is CCN(CC)C(CNC(=NC)NCC(c1cccs1)N1CCOCC1)c1ccco1. The Morgan fingerprint density at radius 3 is 2.53 bits per heavy atom. The normalized spacial score (nSPS) is 17.8. The smallest absolute Gasteiger partial charge is 0.191 e. The van der Waals surface area contributed by atoms with Crippen molar-refractivity contribution in [3.8, 4) is 0 Å². The van der Waals surface area contributed by atoms with Gasteiger partial charge in [-0.2, -0.15) is 0 Å². The molecule has 2 atom stereocenters. The molecule has 3 heterocycles. The maximum Gasteiger partial charge on any atom is 0.191 e. The quantitative estimate of drug-likeness (QED) is 0.444. The minimum absolute atomic E-state index is 0.167. The third-order valence-corrected chi connectivity index (χ3v) is 6.61. The highest BCUT2D eigenvalue weighted by molar-refractivity contribution is 7.10. The predicted molar refractivity (Wildman–Crippen MR) is 123 cm³/mol. The van der Waals surface area contributed by atoms with Crippen LogP contribution in [0.15, 0.2) is 45.3 Å². The molecule has 2 N–H and O–H groups in total. The number of morpholine rings is 1. The first kappa shape index (κ1) is 22.8. The van der Waals surface area contributed by atoms with Crippen molar-refractivity contribution in [2.75, 3.05) is 59.5 Å². The van der Waals surface area contributed by atoms with Crippen molar-refractivity contribution >= 4 is 17.3 Å². The van der Waals surface area contributed by atoms with E-state index >= 15 is 0 Å². The Balaban J connectivity index is 1.61. The summed E-state index contributed by atoms with van der Waals surface area (Å²) in [6.07, 6.45) is 1.74. The van der Waals surface area contributed by atoms with E-state index in [2.05, 4.69) is 56.8 Å². The first-order valence-electron chi connectivity index (χ1n) is 10.8. The van der Waals surface area contributed by atoms with Crippen molar-refractivity contribution in [1.29, 1.82) is 0 Å². The van der Waals surface area contributed by atoms with Crippen LogP contribution in [0.5, 0.6) is 0 Å². The number of likely N-dealkylation sites (N-methyl/N-ethyl adjacent to an activating group) is 1. The third kappa shape index (κ3) is 6.07. The van der Waals surface area contributed by atoms with Gasteiger partial charge in [0.1, 0.15) is 5.76 Å². The summed E-state index contributed by atoms with van der Waals surface area (Å²) in [4.78, 5) is 10.7. The van der Waals surface area contributed by atoms with Crippen LogP contribution >= 0.6 is 11.3 Å². The standard InChI is InChI=1S/C22H35N5O2S/c1-4-26(5-2)18(20-8-6-12-29-20)16-24-22(23-3)25-17-19(21-9-7-15-30-21)27-10-13-28-14-11-27/h6-9,12,15,18-19H,4-5,10-11,13-14,16-17H2,1-3H3,(H2,23,24,25). The van der Waals surface area contributed by atoms with Crippen LogP contribution in [0.25, 0.3) is 0 Å². The molecule has 1 fully saturated rings. The zero-order valence-electron chi connectivity index (χ0n) is 18.3. The number of ether oxygens (including phenoxy) is 1. The molecule has 0 spiro atoms. The summed E-state index contributed by atoms with van der Waals surface area (Å²) in [6.45, 7) is 11.3. The van der Waals surface area contributed by atoms with Gasteiger partial charge in [0.2, 0.25) is 0 Å². The Labute approximate surface area is 184 Å². The number of hydrogen-bond acceptors (Lipinski definition) is 6. The molecule has 0 aromatic carbocycles. The minimum Gasteiger partial charge on any atom is -0.468 e. The van der Waals surface area contributed by atoms with Gasteiger partial charge in [-0.05, 0) is 36.7 Å².